The highest BCUT2D eigenvalue weighted by molar-refractivity contribution is 7.23. The number of H-pyrrole nitrogens is 1. The number of pyridine rings is 2. The van der Waals surface area contributed by atoms with Gasteiger partial charge in [-0.25, -0.2) is 23.7 Å². The molecule has 9 rings (SSSR count). The van der Waals surface area contributed by atoms with Crippen molar-refractivity contribution < 1.29 is 27.5 Å². The second-order valence-corrected chi connectivity index (χ2v) is 13.8. The van der Waals surface area contributed by atoms with Crippen LogP contribution in [0.1, 0.15) is 56.9 Å². The molecule has 258 valence electrons. The van der Waals surface area contributed by atoms with Crippen LogP contribution >= 0.6 is 11.3 Å². The lowest BCUT2D eigenvalue weighted by Crippen LogP contribution is -2.38. The van der Waals surface area contributed by atoms with Gasteiger partial charge in [-0.15, -0.1) is 16.4 Å². The summed E-state index contributed by atoms with van der Waals surface area (Å²) in [7, 11) is 1.48. The summed E-state index contributed by atoms with van der Waals surface area (Å²) in [5, 5.41) is 11.1. The zero-order chi connectivity index (χ0) is 34.8. The lowest BCUT2D eigenvalue weighted by molar-refractivity contribution is 0.00352. The summed E-state index contributed by atoms with van der Waals surface area (Å²) in [6, 6.07) is 12.9. The van der Waals surface area contributed by atoms with Crippen molar-refractivity contribution in [2.45, 2.75) is 37.8 Å². The maximum atomic E-state index is 14.5. The Morgan fingerprint density at radius 2 is 1.94 bits per heavy atom. The van der Waals surface area contributed by atoms with Crippen molar-refractivity contribution >= 4 is 33.1 Å². The molecule has 51 heavy (non-hydrogen) atoms. The Balaban J connectivity index is 1.20. The molecule has 3 aliphatic rings. The SMILES string of the molecule is COc1c(F)ccc2c1CCC2Nc1nccc2cc(-c3c4c(nc(CCc5ccc(F)cc5)c3-c3n[nH]c(=O)o3)C3COCCN3C4=O)sc12. The number of methoxy groups -OCH3 is 1. The van der Waals surface area contributed by atoms with E-state index in [0.717, 1.165) is 38.1 Å². The number of hydrogen-bond acceptors (Lipinski definition) is 10. The molecular formula is C37H30F2N6O5S. The van der Waals surface area contributed by atoms with Crippen molar-refractivity contribution in [1.29, 1.82) is 0 Å². The summed E-state index contributed by atoms with van der Waals surface area (Å²) in [5.41, 5.74) is 5.32. The first kappa shape index (κ1) is 31.5. The minimum absolute atomic E-state index is 0.0194. The quantitative estimate of drug-likeness (QED) is 0.184. The smallest absolute Gasteiger partial charge is 0.434 e. The van der Waals surface area contributed by atoms with Gasteiger partial charge in [0.15, 0.2) is 11.6 Å². The minimum atomic E-state index is -0.738. The number of amides is 1. The predicted molar refractivity (Wildman–Crippen MR) is 185 cm³/mol. The van der Waals surface area contributed by atoms with E-state index in [1.807, 2.05) is 12.1 Å². The topological polar surface area (TPSA) is 135 Å². The van der Waals surface area contributed by atoms with Gasteiger partial charge in [-0.1, -0.05) is 18.2 Å². The molecule has 1 aliphatic carbocycles. The van der Waals surface area contributed by atoms with Gasteiger partial charge in [-0.2, -0.15) is 0 Å². The number of rotatable bonds is 8. The van der Waals surface area contributed by atoms with Crippen molar-refractivity contribution in [3.05, 3.63) is 111 Å². The monoisotopic (exact) mass is 708 g/mol. The molecule has 2 aromatic carbocycles. The molecule has 14 heteroatoms. The molecule has 1 amide bonds. The minimum Gasteiger partial charge on any atom is -0.493 e. The van der Waals surface area contributed by atoms with Crippen LogP contribution in [-0.2, 0) is 24.0 Å². The largest absolute Gasteiger partial charge is 0.493 e. The highest BCUT2D eigenvalue weighted by Crippen LogP contribution is 2.49. The predicted octanol–water partition coefficient (Wildman–Crippen LogP) is 6.40. The number of carbonyl (C=O) groups is 1. The maximum absolute atomic E-state index is 14.5. The number of aromatic nitrogens is 4. The number of halogens is 2. The normalized spacial score (nSPS) is 17.9. The maximum Gasteiger partial charge on any atom is 0.434 e. The number of benzene rings is 2. The molecule has 0 spiro atoms. The van der Waals surface area contributed by atoms with E-state index in [1.165, 1.54) is 36.6 Å². The molecule has 4 aromatic heterocycles. The number of nitrogens with zero attached hydrogens (tertiary/aromatic N) is 4. The summed E-state index contributed by atoms with van der Waals surface area (Å²) in [6.07, 6.45) is 4.02. The third-order valence-electron chi connectivity index (χ3n) is 9.94. The van der Waals surface area contributed by atoms with Gasteiger partial charge in [0.05, 0.1) is 59.6 Å². The summed E-state index contributed by atoms with van der Waals surface area (Å²) in [6.45, 7) is 1.14. The van der Waals surface area contributed by atoms with E-state index in [-0.39, 0.29) is 41.3 Å². The van der Waals surface area contributed by atoms with Crippen molar-refractivity contribution in [2.24, 2.45) is 0 Å². The zero-order valence-corrected chi connectivity index (χ0v) is 28.1. The first-order chi connectivity index (χ1) is 24.9. The molecular weight excluding hydrogens is 679 g/mol. The number of aryl methyl sites for hydroxylation is 2. The number of thiophene rings is 1. The van der Waals surface area contributed by atoms with Crippen LogP contribution in [0.25, 0.3) is 32.0 Å². The number of hydrogen-bond donors (Lipinski definition) is 2. The lowest BCUT2D eigenvalue weighted by Gasteiger charge is -2.29. The average Bonchev–Trinajstić information content (AvgIpc) is 3.93. The fourth-order valence-corrected chi connectivity index (χ4v) is 8.77. The number of nitrogens with one attached hydrogen (secondary N) is 2. The Kier molecular flexibility index (Phi) is 7.65. The highest BCUT2D eigenvalue weighted by atomic mass is 32.1. The van der Waals surface area contributed by atoms with Crippen LogP contribution in [0.4, 0.5) is 14.6 Å². The highest BCUT2D eigenvalue weighted by Gasteiger charge is 2.44. The molecule has 0 saturated carbocycles. The Hall–Kier alpha value is -5.47. The van der Waals surface area contributed by atoms with Gasteiger partial charge in [-0.3, -0.25) is 9.78 Å². The summed E-state index contributed by atoms with van der Waals surface area (Å²) < 4.78 is 45.8. The van der Waals surface area contributed by atoms with Crippen LogP contribution in [-0.4, -0.2) is 57.8 Å². The van der Waals surface area contributed by atoms with Gasteiger partial charge < -0.3 is 24.1 Å². The average molecular weight is 709 g/mol. The molecule has 2 atom stereocenters. The van der Waals surface area contributed by atoms with Crippen LogP contribution in [0.3, 0.4) is 0 Å². The van der Waals surface area contributed by atoms with Crippen LogP contribution in [0.2, 0.25) is 0 Å². The summed E-state index contributed by atoms with van der Waals surface area (Å²) >= 11 is 1.45. The third kappa shape index (κ3) is 5.28. The zero-order valence-electron chi connectivity index (χ0n) is 27.3. The van der Waals surface area contributed by atoms with Gasteiger partial charge in [-0.05, 0) is 72.5 Å². The lowest BCUT2D eigenvalue weighted by atomic mass is 9.93. The van der Waals surface area contributed by atoms with Crippen molar-refractivity contribution in [3.63, 3.8) is 0 Å². The fourth-order valence-electron chi connectivity index (χ4n) is 7.61. The number of morpholine rings is 1. The Bertz CT molecular complexity index is 2410. The second-order valence-electron chi connectivity index (χ2n) is 12.8. The molecule has 1 fully saturated rings. The van der Waals surface area contributed by atoms with E-state index in [4.69, 9.17) is 23.9 Å². The summed E-state index contributed by atoms with van der Waals surface area (Å²) in [5.74, 6) is -0.690. The third-order valence-corrected chi connectivity index (χ3v) is 11.1. The Labute approximate surface area is 293 Å². The van der Waals surface area contributed by atoms with E-state index >= 15 is 0 Å². The van der Waals surface area contributed by atoms with Gasteiger partial charge in [0.1, 0.15) is 11.6 Å². The summed E-state index contributed by atoms with van der Waals surface area (Å²) in [4.78, 5) is 38.9. The Morgan fingerprint density at radius 1 is 1.08 bits per heavy atom. The molecule has 11 nitrogen and oxygen atoms in total. The molecule has 2 unspecified atom stereocenters. The van der Waals surface area contributed by atoms with E-state index in [9.17, 15) is 18.4 Å². The van der Waals surface area contributed by atoms with E-state index in [0.29, 0.717) is 72.9 Å². The van der Waals surface area contributed by atoms with Gasteiger partial charge in [0.25, 0.3) is 11.8 Å². The first-order valence-corrected chi connectivity index (χ1v) is 17.5. The number of fused-ring (bicyclic) bond motifs is 5. The van der Waals surface area contributed by atoms with E-state index in [1.54, 1.807) is 29.3 Å². The first-order valence-electron chi connectivity index (χ1n) is 16.6. The Morgan fingerprint density at radius 3 is 2.75 bits per heavy atom. The van der Waals surface area contributed by atoms with Gasteiger partial charge in [0.2, 0.25) is 0 Å². The van der Waals surface area contributed by atoms with Gasteiger partial charge in [0, 0.05) is 28.7 Å². The molecule has 0 radical (unpaired) electrons. The van der Waals surface area contributed by atoms with Gasteiger partial charge >= 0.3 is 5.76 Å². The van der Waals surface area contributed by atoms with E-state index in [2.05, 4.69) is 15.5 Å². The molecule has 2 N–H and O–H groups in total. The van der Waals surface area contributed by atoms with Crippen LogP contribution in [0, 0.1) is 11.6 Å². The van der Waals surface area contributed by atoms with Crippen molar-refractivity contribution in [1.82, 2.24) is 25.1 Å². The van der Waals surface area contributed by atoms with Crippen molar-refractivity contribution in [3.8, 4) is 27.6 Å². The number of anilines is 1. The molecule has 6 heterocycles. The number of ether oxygens (including phenoxy) is 2. The van der Waals surface area contributed by atoms with Crippen molar-refractivity contribution in [2.75, 3.05) is 32.2 Å². The van der Waals surface area contributed by atoms with Crippen LogP contribution in [0.5, 0.6) is 5.75 Å². The molecule has 0 bridgehead atoms. The second kappa shape index (κ2) is 12.4. The fraction of sp³-hybridized carbons (Fsp3) is 0.270. The van der Waals surface area contributed by atoms with E-state index < -0.39 is 5.76 Å². The number of aromatic amines is 1. The molecule has 1 saturated heterocycles. The standard InChI is InChI=1S/C37H30F2N6O5S/c1-48-32-22-8-11-24(21(22)7-9-23(32)39)42-34-33-19(12-13-40-34)16-27(51-33)29-28(35-43-44-37(47)50-35)25(10-4-18-2-5-20(38)6-3-18)41-31-26-17-49-15-14-45(26)36(46)30(29)31/h2-3,5-7,9,12-13,16,24,26H,4,8,10-11,14-15,17H2,1H3,(H,40,42)(H,44,47). The molecule has 6 aromatic rings. The van der Waals surface area contributed by atoms with Crippen LogP contribution < -0.4 is 15.8 Å². The van der Waals surface area contributed by atoms with Crippen LogP contribution in [0.15, 0.2) is 63.9 Å². The number of carbonyl (C=O) groups excluding carboxylic acids is 1. The molecule has 2 aliphatic heterocycles.